The molecule has 10 heteroatoms. The zero-order valence-electron chi connectivity index (χ0n) is 20.4. The van der Waals surface area contributed by atoms with Gasteiger partial charge < -0.3 is 10.6 Å². The summed E-state index contributed by atoms with van der Waals surface area (Å²) in [6.07, 6.45) is 2.89. The topological polar surface area (TPSA) is 133 Å². The van der Waals surface area contributed by atoms with Crippen LogP contribution in [0.15, 0.2) is 72.8 Å². The summed E-state index contributed by atoms with van der Waals surface area (Å²) >= 11 is 0. The van der Waals surface area contributed by atoms with Gasteiger partial charge in [-0.1, -0.05) is 24.3 Å². The van der Waals surface area contributed by atoms with E-state index in [1.54, 1.807) is 72.8 Å². The van der Waals surface area contributed by atoms with Crippen LogP contribution in [0.3, 0.4) is 0 Å². The van der Waals surface area contributed by atoms with Gasteiger partial charge in [-0.15, -0.1) is 0 Å². The number of amides is 6. The van der Waals surface area contributed by atoms with Crippen molar-refractivity contribution >= 4 is 48.8 Å². The van der Waals surface area contributed by atoms with E-state index in [4.69, 9.17) is 0 Å². The zero-order chi connectivity index (χ0) is 27.3. The molecule has 0 aliphatic rings. The summed E-state index contributed by atoms with van der Waals surface area (Å²) in [6, 6.07) is 20.3. The lowest BCUT2D eigenvalue weighted by Gasteiger charge is -2.10. The molecule has 0 spiro atoms. The van der Waals surface area contributed by atoms with E-state index in [0.717, 1.165) is 20.9 Å². The van der Waals surface area contributed by atoms with Crippen molar-refractivity contribution in [3.8, 4) is 0 Å². The molecule has 0 aliphatic heterocycles. The third kappa shape index (κ3) is 7.95. The van der Waals surface area contributed by atoms with Gasteiger partial charge in [0.05, 0.1) is 0 Å². The number of hydrogen-bond acceptors (Lipinski definition) is 6. The predicted octanol–water partition coefficient (Wildman–Crippen LogP) is 2.51. The Hall–Kier alpha value is -5.12. The average molecular weight is 515 g/mol. The van der Waals surface area contributed by atoms with E-state index >= 15 is 0 Å². The molecule has 0 saturated heterocycles. The minimum absolute atomic E-state index is 0.272. The van der Waals surface area contributed by atoms with Crippen molar-refractivity contribution in [3.05, 3.63) is 95.1 Å². The molecule has 194 valence electrons. The fourth-order valence-corrected chi connectivity index (χ4v) is 3.47. The molecule has 0 saturated carbocycles. The van der Waals surface area contributed by atoms with Crippen LogP contribution in [0, 0.1) is 0 Å². The molecule has 2 N–H and O–H groups in total. The molecular weight excluding hydrogens is 488 g/mol. The van der Waals surface area contributed by atoms with Gasteiger partial charge >= 0.3 is 0 Å². The molecule has 0 fully saturated rings. The molecule has 3 rings (SSSR count). The summed E-state index contributed by atoms with van der Waals surface area (Å²) < 4.78 is 0. The first kappa shape index (κ1) is 27.5. The molecule has 0 aliphatic carbocycles. The normalized spacial score (nSPS) is 10.1. The number of imide groups is 2. The van der Waals surface area contributed by atoms with Crippen molar-refractivity contribution in [1.82, 2.24) is 9.80 Å². The number of carbonyl (C=O) groups excluding carboxylic acids is 6. The first-order chi connectivity index (χ1) is 18.4. The van der Waals surface area contributed by atoms with E-state index in [0.29, 0.717) is 61.0 Å². The van der Waals surface area contributed by atoms with Crippen molar-refractivity contribution in [1.29, 1.82) is 0 Å². The molecule has 10 nitrogen and oxygen atoms in total. The second kappa shape index (κ2) is 13.8. The average Bonchev–Trinajstić information content (AvgIpc) is 2.96. The summed E-state index contributed by atoms with van der Waals surface area (Å²) in [6.45, 7) is 0.543. The highest BCUT2D eigenvalue weighted by molar-refractivity contribution is 6.07. The Kier molecular flexibility index (Phi) is 10.00. The van der Waals surface area contributed by atoms with E-state index in [-0.39, 0.29) is 24.9 Å². The Labute approximate surface area is 219 Å². The Morgan fingerprint density at radius 1 is 0.526 bits per heavy atom. The van der Waals surface area contributed by atoms with Gasteiger partial charge in [0.2, 0.25) is 25.6 Å². The summed E-state index contributed by atoms with van der Waals surface area (Å²) in [4.78, 5) is 69.9. The van der Waals surface area contributed by atoms with Crippen LogP contribution in [0.5, 0.6) is 0 Å². The van der Waals surface area contributed by atoms with Gasteiger partial charge in [0.15, 0.2) is 0 Å². The highest BCUT2D eigenvalue weighted by atomic mass is 16.2. The Bertz CT molecular complexity index is 1160. The van der Waals surface area contributed by atoms with Crippen LogP contribution in [0.4, 0.5) is 11.4 Å². The lowest BCUT2D eigenvalue weighted by Crippen LogP contribution is -2.22. The second-order valence-electron chi connectivity index (χ2n) is 8.28. The number of nitrogens with zero attached hydrogens (tertiary/aromatic N) is 2. The molecule has 3 aromatic carbocycles. The van der Waals surface area contributed by atoms with Crippen LogP contribution in [0.2, 0.25) is 0 Å². The molecule has 38 heavy (non-hydrogen) atoms. The lowest BCUT2D eigenvalue weighted by atomic mass is 10.1. The molecule has 0 radical (unpaired) electrons. The van der Waals surface area contributed by atoms with Crippen molar-refractivity contribution in [3.63, 3.8) is 0 Å². The standard InChI is InChI=1S/C28H26N4O6/c33-17-31(18-34)15-13-21-1-9-25(10-2-21)29-27(37)23-5-7-24(8-6-23)28(38)30-26-11-3-22(4-12-26)14-16-32(19-35)20-36/h1-12,17-20H,13-16H2,(H,29,37)(H,30,38). The third-order valence-corrected chi connectivity index (χ3v) is 5.69. The molecule has 3 aromatic rings. The fourth-order valence-electron chi connectivity index (χ4n) is 3.47. The minimum Gasteiger partial charge on any atom is -0.322 e. The number of anilines is 2. The van der Waals surface area contributed by atoms with Crippen LogP contribution in [-0.4, -0.2) is 60.3 Å². The van der Waals surface area contributed by atoms with Crippen molar-refractivity contribution in [2.75, 3.05) is 23.7 Å². The van der Waals surface area contributed by atoms with Crippen LogP contribution >= 0.6 is 0 Å². The van der Waals surface area contributed by atoms with Gasteiger partial charge in [0, 0.05) is 35.6 Å². The molecule has 0 atom stereocenters. The van der Waals surface area contributed by atoms with Gasteiger partial charge in [-0.3, -0.25) is 38.6 Å². The van der Waals surface area contributed by atoms with Crippen molar-refractivity contribution in [2.45, 2.75) is 12.8 Å². The summed E-state index contributed by atoms with van der Waals surface area (Å²) in [5, 5.41) is 5.57. The van der Waals surface area contributed by atoms with E-state index < -0.39 is 0 Å². The maximum Gasteiger partial charge on any atom is 0.255 e. The van der Waals surface area contributed by atoms with Gasteiger partial charge in [-0.25, -0.2) is 0 Å². The lowest BCUT2D eigenvalue weighted by molar-refractivity contribution is -0.130. The van der Waals surface area contributed by atoms with Gasteiger partial charge in [0.1, 0.15) is 0 Å². The largest absolute Gasteiger partial charge is 0.322 e. The van der Waals surface area contributed by atoms with Crippen LogP contribution in [-0.2, 0) is 32.0 Å². The smallest absolute Gasteiger partial charge is 0.255 e. The van der Waals surface area contributed by atoms with Crippen LogP contribution in [0.1, 0.15) is 31.8 Å². The fraction of sp³-hybridized carbons (Fsp3) is 0.143. The first-order valence-electron chi connectivity index (χ1n) is 11.7. The minimum atomic E-state index is -0.337. The Balaban J connectivity index is 1.51. The number of hydrogen-bond donors (Lipinski definition) is 2. The monoisotopic (exact) mass is 514 g/mol. The number of nitrogens with one attached hydrogen (secondary N) is 2. The van der Waals surface area contributed by atoms with Gasteiger partial charge in [0.25, 0.3) is 11.8 Å². The SMILES string of the molecule is O=CN(C=O)CCc1ccc(NC(=O)c2ccc(C(=O)Nc3ccc(CCN(C=O)C=O)cc3)cc2)cc1. The third-order valence-electron chi connectivity index (χ3n) is 5.69. The van der Waals surface area contributed by atoms with E-state index in [1.165, 1.54) is 0 Å². The van der Waals surface area contributed by atoms with E-state index in [1.807, 2.05) is 0 Å². The summed E-state index contributed by atoms with van der Waals surface area (Å²) in [7, 11) is 0. The van der Waals surface area contributed by atoms with E-state index in [9.17, 15) is 28.8 Å². The van der Waals surface area contributed by atoms with Crippen LogP contribution in [0.25, 0.3) is 0 Å². The summed E-state index contributed by atoms with van der Waals surface area (Å²) in [5.41, 5.74) is 3.73. The molecular formula is C28H26N4O6. The maximum absolute atomic E-state index is 12.6. The van der Waals surface area contributed by atoms with Crippen molar-refractivity contribution in [2.24, 2.45) is 0 Å². The Morgan fingerprint density at radius 3 is 1.13 bits per heavy atom. The number of rotatable bonds is 14. The molecule has 0 aromatic heterocycles. The molecule has 0 unspecified atom stereocenters. The Morgan fingerprint density at radius 2 is 0.842 bits per heavy atom. The molecule has 0 heterocycles. The van der Waals surface area contributed by atoms with Gasteiger partial charge in [-0.05, 0) is 72.5 Å². The number of benzene rings is 3. The second-order valence-corrected chi connectivity index (χ2v) is 8.28. The van der Waals surface area contributed by atoms with Crippen molar-refractivity contribution < 1.29 is 28.8 Å². The maximum atomic E-state index is 12.6. The van der Waals surface area contributed by atoms with Gasteiger partial charge in [-0.2, -0.15) is 0 Å². The molecule has 0 bridgehead atoms. The quantitative estimate of drug-likeness (QED) is 0.318. The number of carbonyl (C=O) groups is 6. The van der Waals surface area contributed by atoms with Crippen LogP contribution < -0.4 is 10.6 Å². The summed E-state index contributed by atoms with van der Waals surface area (Å²) in [5.74, 6) is -0.674. The predicted molar refractivity (Wildman–Crippen MR) is 140 cm³/mol. The zero-order valence-corrected chi connectivity index (χ0v) is 20.4. The highest BCUT2D eigenvalue weighted by Gasteiger charge is 2.10. The highest BCUT2D eigenvalue weighted by Crippen LogP contribution is 2.15. The van der Waals surface area contributed by atoms with E-state index in [2.05, 4.69) is 10.6 Å². The first-order valence-corrected chi connectivity index (χ1v) is 11.7. The molecule has 6 amide bonds.